The fraction of sp³-hybridized carbons (Fsp3) is 0.484. The van der Waals surface area contributed by atoms with Crippen molar-refractivity contribution in [2.75, 3.05) is 58.3 Å². The normalized spacial score (nSPS) is 17.4. The van der Waals surface area contributed by atoms with Crippen LogP contribution in [-0.2, 0) is 27.2 Å². The Morgan fingerprint density at radius 1 is 1.02 bits per heavy atom. The minimum absolute atomic E-state index is 0.0662. The highest BCUT2D eigenvalue weighted by atomic mass is 32.2. The molecule has 2 saturated heterocycles. The third-order valence-electron chi connectivity index (χ3n) is 7.54. The molecule has 2 N–H and O–H groups in total. The SMILES string of the molecule is O=C(CSc1nc2cc(C(=O)NCCCN3CCOCC3)ccc2c(=O)n1CC1CCCO1)NCCc1ccccc1. The molecule has 1 unspecified atom stereocenters. The van der Waals surface area contributed by atoms with Crippen molar-refractivity contribution in [1.29, 1.82) is 0 Å². The van der Waals surface area contributed by atoms with Gasteiger partial charge in [0.1, 0.15) is 0 Å². The number of aromatic nitrogens is 2. The Kier molecular flexibility index (Phi) is 11.0. The van der Waals surface area contributed by atoms with E-state index >= 15 is 0 Å². The molecule has 3 heterocycles. The number of fused-ring (bicyclic) bond motifs is 1. The summed E-state index contributed by atoms with van der Waals surface area (Å²) in [6.45, 7) is 6.41. The van der Waals surface area contributed by atoms with Crippen molar-refractivity contribution in [2.24, 2.45) is 0 Å². The standard InChI is InChI=1S/C31H39N5O5S/c37-28(32-13-11-23-6-2-1-3-7-23)22-42-31-34-27-20-24(29(38)33-12-5-14-35-15-18-40-19-16-35)9-10-26(27)30(39)36(31)21-25-8-4-17-41-25/h1-3,6-7,9-10,20,25H,4-5,8,11-19,21-22H2,(H,32,37)(H,33,38). The summed E-state index contributed by atoms with van der Waals surface area (Å²) in [6, 6.07) is 15.0. The molecule has 224 valence electrons. The Bertz CT molecular complexity index is 1400. The van der Waals surface area contributed by atoms with Gasteiger partial charge in [-0.15, -0.1) is 0 Å². The van der Waals surface area contributed by atoms with Crippen molar-refractivity contribution in [2.45, 2.75) is 43.5 Å². The van der Waals surface area contributed by atoms with Gasteiger partial charge in [0.25, 0.3) is 11.5 Å². The third kappa shape index (κ3) is 8.41. The maximum atomic E-state index is 13.6. The first-order valence-corrected chi connectivity index (χ1v) is 15.7. The Morgan fingerprint density at radius 2 is 1.86 bits per heavy atom. The number of carbonyl (C=O) groups is 2. The zero-order valence-corrected chi connectivity index (χ0v) is 24.7. The summed E-state index contributed by atoms with van der Waals surface area (Å²) in [5.41, 5.74) is 1.85. The van der Waals surface area contributed by atoms with Gasteiger partial charge in [-0.1, -0.05) is 42.1 Å². The van der Waals surface area contributed by atoms with Crippen LogP contribution in [0.1, 0.15) is 35.2 Å². The summed E-state index contributed by atoms with van der Waals surface area (Å²) in [5, 5.41) is 6.82. The van der Waals surface area contributed by atoms with Crippen LogP contribution < -0.4 is 16.2 Å². The molecule has 1 aromatic heterocycles. The summed E-state index contributed by atoms with van der Waals surface area (Å²) in [6.07, 6.45) is 3.35. The van der Waals surface area contributed by atoms with Crippen molar-refractivity contribution in [1.82, 2.24) is 25.1 Å². The average molecular weight is 594 g/mol. The highest BCUT2D eigenvalue weighted by Crippen LogP contribution is 2.22. The molecule has 0 saturated carbocycles. The second kappa shape index (κ2) is 15.3. The van der Waals surface area contributed by atoms with E-state index in [-0.39, 0.29) is 29.2 Å². The van der Waals surface area contributed by atoms with E-state index in [2.05, 4.69) is 15.5 Å². The number of ether oxygens (including phenoxy) is 2. The molecule has 11 heteroatoms. The Labute approximate surface area is 250 Å². The van der Waals surface area contributed by atoms with Crippen LogP contribution in [0.15, 0.2) is 58.5 Å². The molecule has 2 aliphatic heterocycles. The first-order chi connectivity index (χ1) is 20.6. The van der Waals surface area contributed by atoms with Crippen molar-refractivity contribution in [3.05, 3.63) is 70.0 Å². The van der Waals surface area contributed by atoms with E-state index in [9.17, 15) is 14.4 Å². The van der Waals surface area contributed by atoms with E-state index < -0.39 is 0 Å². The maximum Gasteiger partial charge on any atom is 0.262 e. The van der Waals surface area contributed by atoms with E-state index in [4.69, 9.17) is 14.5 Å². The quantitative estimate of drug-likeness (QED) is 0.177. The number of amides is 2. The minimum atomic E-state index is -0.198. The molecule has 2 amide bonds. The topological polar surface area (TPSA) is 115 Å². The first-order valence-electron chi connectivity index (χ1n) is 14.7. The van der Waals surface area contributed by atoms with Crippen LogP contribution in [0.2, 0.25) is 0 Å². The molecule has 0 spiro atoms. The van der Waals surface area contributed by atoms with Crippen LogP contribution >= 0.6 is 11.8 Å². The van der Waals surface area contributed by atoms with Crippen molar-refractivity contribution in [3.63, 3.8) is 0 Å². The zero-order valence-electron chi connectivity index (χ0n) is 23.9. The highest BCUT2D eigenvalue weighted by molar-refractivity contribution is 7.99. The Hall–Kier alpha value is -3.25. The number of hydrogen-bond acceptors (Lipinski definition) is 8. The summed E-state index contributed by atoms with van der Waals surface area (Å²) in [5.74, 6) is -0.197. The molecule has 0 radical (unpaired) electrons. The van der Waals surface area contributed by atoms with E-state index in [1.807, 2.05) is 30.3 Å². The molecular formula is C31H39N5O5S. The summed E-state index contributed by atoms with van der Waals surface area (Å²) < 4.78 is 12.8. The fourth-order valence-corrected chi connectivity index (χ4v) is 6.05. The lowest BCUT2D eigenvalue weighted by Gasteiger charge is -2.26. The van der Waals surface area contributed by atoms with Gasteiger partial charge in [0, 0.05) is 38.3 Å². The first kappa shape index (κ1) is 30.2. The summed E-state index contributed by atoms with van der Waals surface area (Å²) in [7, 11) is 0. The Balaban J connectivity index is 1.24. The summed E-state index contributed by atoms with van der Waals surface area (Å²) in [4.78, 5) is 46.2. The van der Waals surface area contributed by atoms with Gasteiger partial charge < -0.3 is 20.1 Å². The van der Waals surface area contributed by atoms with Crippen LogP contribution in [0.4, 0.5) is 0 Å². The number of rotatable bonds is 13. The third-order valence-corrected chi connectivity index (χ3v) is 8.52. The van der Waals surface area contributed by atoms with Gasteiger partial charge in [0.2, 0.25) is 5.91 Å². The van der Waals surface area contributed by atoms with Crippen LogP contribution in [0, 0.1) is 0 Å². The molecule has 3 aromatic rings. The van der Waals surface area contributed by atoms with E-state index in [1.165, 1.54) is 11.8 Å². The van der Waals surface area contributed by atoms with E-state index in [0.717, 1.165) is 64.1 Å². The zero-order chi connectivity index (χ0) is 29.1. The predicted octanol–water partition coefficient (Wildman–Crippen LogP) is 2.48. The van der Waals surface area contributed by atoms with Gasteiger partial charge >= 0.3 is 0 Å². The molecule has 42 heavy (non-hydrogen) atoms. The molecular weight excluding hydrogens is 554 g/mol. The lowest BCUT2D eigenvalue weighted by Crippen LogP contribution is -2.38. The van der Waals surface area contributed by atoms with Crippen LogP contribution in [0.5, 0.6) is 0 Å². The van der Waals surface area contributed by atoms with Crippen molar-refractivity contribution >= 4 is 34.5 Å². The van der Waals surface area contributed by atoms with Gasteiger partial charge in [-0.25, -0.2) is 4.98 Å². The summed E-state index contributed by atoms with van der Waals surface area (Å²) >= 11 is 1.23. The van der Waals surface area contributed by atoms with Crippen molar-refractivity contribution < 1.29 is 19.1 Å². The largest absolute Gasteiger partial charge is 0.379 e. The van der Waals surface area contributed by atoms with E-state index in [0.29, 0.717) is 47.9 Å². The van der Waals surface area contributed by atoms with Gasteiger partial charge in [0.15, 0.2) is 5.16 Å². The van der Waals surface area contributed by atoms with Crippen LogP contribution in [0.3, 0.4) is 0 Å². The second-order valence-corrected chi connectivity index (χ2v) is 11.6. The molecule has 2 aliphatic rings. The molecule has 5 rings (SSSR count). The Morgan fingerprint density at radius 3 is 2.64 bits per heavy atom. The molecule has 0 bridgehead atoms. The second-order valence-electron chi connectivity index (χ2n) is 10.6. The monoisotopic (exact) mass is 593 g/mol. The number of nitrogens with one attached hydrogen (secondary N) is 2. The van der Waals surface area contributed by atoms with E-state index in [1.54, 1.807) is 22.8 Å². The number of thioether (sulfide) groups is 1. The van der Waals surface area contributed by atoms with Gasteiger partial charge in [-0.05, 0) is 56.0 Å². The minimum Gasteiger partial charge on any atom is -0.379 e. The van der Waals surface area contributed by atoms with Gasteiger partial charge in [-0.2, -0.15) is 0 Å². The number of nitrogens with zero attached hydrogens (tertiary/aromatic N) is 3. The molecule has 0 aliphatic carbocycles. The lowest BCUT2D eigenvalue weighted by molar-refractivity contribution is -0.118. The molecule has 10 nitrogen and oxygen atoms in total. The fourth-order valence-electron chi connectivity index (χ4n) is 5.21. The number of carbonyl (C=O) groups excluding carboxylic acids is 2. The van der Waals surface area contributed by atoms with Crippen LogP contribution in [-0.4, -0.2) is 90.7 Å². The number of morpholine rings is 1. The average Bonchev–Trinajstić information content (AvgIpc) is 3.54. The lowest BCUT2D eigenvalue weighted by atomic mass is 10.1. The molecule has 2 fully saturated rings. The maximum absolute atomic E-state index is 13.6. The molecule has 2 aromatic carbocycles. The molecule has 1 atom stereocenters. The number of hydrogen-bond donors (Lipinski definition) is 2. The van der Waals surface area contributed by atoms with Crippen molar-refractivity contribution in [3.8, 4) is 0 Å². The smallest absolute Gasteiger partial charge is 0.262 e. The van der Waals surface area contributed by atoms with Gasteiger partial charge in [-0.3, -0.25) is 23.9 Å². The van der Waals surface area contributed by atoms with Crippen LogP contribution in [0.25, 0.3) is 10.9 Å². The van der Waals surface area contributed by atoms with Gasteiger partial charge in [0.05, 0.1) is 42.5 Å². The number of benzene rings is 2. The highest BCUT2D eigenvalue weighted by Gasteiger charge is 2.21. The predicted molar refractivity (Wildman–Crippen MR) is 163 cm³/mol.